The molecule has 0 atom stereocenters. The van der Waals surface area contributed by atoms with Crippen LogP contribution in [0.15, 0.2) is 20.9 Å². The molecule has 1 aromatic heterocycles. The SMILES string of the molecule is CCNC(=NCCCSc1nccs1)NC1CCN(C2CC2)CC1. The number of nitrogens with zero attached hydrogens (tertiary/aromatic N) is 3. The molecule has 1 saturated heterocycles. The molecule has 0 spiro atoms. The van der Waals surface area contributed by atoms with Crippen molar-refractivity contribution in [3.05, 3.63) is 11.6 Å². The van der Waals surface area contributed by atoms with Gasteiger partial charge in [0.25, 0.3) is 0 Å². The first-order valence-electron chi connectivity index (χ1n) is 9.16. The number of aromatic nitrogens is 1. The van der Waals surface area contributed by atoms with Crippen molar-refractivity contribution in [2.45, 2.75) is 55.5 Å². The lowest BCUT2D eigenvalue weighted by Gasteiger charge is -2.33. The summed E-state index contributed by atoms with van der Waals surface area (Å²) in [4.78, 5) is 11.7. The molecule has 1 aromatic rings. The molecule has 24 heavy (non-hydrogen) atoms. The van der Waals surface area contributed by atoms with Gasteiger partial charge in [-0.25, -0.2) is 4.98 Å². The van der Waals surface area contributed by atoms with Crippen LogP contribution in [0.2, 0.25) is 0 Å². The largest absolute Gasteiger partial charge is 0.357 e. The average Bonchev–Trinajstić information content (AvgIpc) is 3.32. The summed E-state index contributed by atoms with van der Waals surface area (Å²) >= 11 is 3.54. The summed E-state index contributed by atoms with van der Waals surface area (Å²) in [5, 5.41) is 9.06. The fraction of sp³-hybridized carbons (Fsp3) is 0.765. The van der Waals surface area contributed by atoms with Gasteiger partial charge in [-0.05, 0) is 39.0 Å². The summed E-state index contributed by atoms with van der Waals surface area (Å²) in [7, 11) is 0. The van der Waals surface area contributed by atoms with Crippen LogP contribution in [0.1, 0.15) is 39.0 Å². The predicted octanol–water partition coefficient (Wildman–Crippen LogP) is 2.81. The number of hydrogen-bond donors (Lipinski definition) is 2. The number of hydrogen-bond acceptors (Lipinski definition) is 5. The van der Waals surface area contributed by atoms with Gasteiger partial charge in [0.05, 0.1) is 0 Å². The Hall–Kier alpha value is -0.790. The predicted molar refractivity (Wildman–Crippen MR) is 104 cm³/mol. The summed E-state index contributed by atoms with van der Waals surface area (Å²) in [6.45, 7) is 6.40. The maximum absolute atomic E-state index is 4.74. The van der Waals surface area contributed by atoms with E-state index in [4.69, 9.17) is 4.99 Å². The van der Waals surface area contributed by atoms with E-state index in [9.17, 15) is 0 Å². The third kappa shape index (κ3) is 5.93. The van der Waals surface area contributed by atoms with E-state index in [1.54, 1.807) is 11.3 Å². The molecule has 2 heterocycles. The molecule has 1 saturated carbocycles. The summed E-state index contributed by atoms with van der Waals surface area (Å²) in [5.41, 5.74) is 0. The Balaban J connectivity index is 1.35. The number of thioether (sulfide) groups is 1. The van der Waals surface area contributed by atoms with Gasteiger partial charge in [0.15, 0.2) is 5.96 Å². The van der Waals surface area contributed by atoms with Crippen molar-refractivity contribution >= 4 is 29.1 Å². The Morgan fingerprint density at radius 2 is 2.21 bits per heavy atom. The maximum Gasteiger partial charge on any atom is 0.191 e. The average molecular weight is 368 g/mol. The smallest absolute Gasteiger partial charge is 0.191 e. The minimum atomic E-state index is 0.572. The highest BCUT2D eigenvalue weighted by atomic mass is 32.2. The lowest BCUT2D eigenvalue weighted by Crippen LogP contribution is -2.49. The number of piperidine rings is 1. The van der Waals surface area contributed by atoms with Crippen molar-refractivity contribution in [3.8, 4) is 0 Å². The van der Waals surface area contributed by atoms with Crippen molar-refractivity contribution in [3.63, 3.8) is 0 Å². The standard InChI is InChI=1S/C17H29N5S2/c1-2-18-16(19-8-3-12-23-17-20-9-13-24-17)21-14-6-10-22(11-7-14)15-4-5-15/h9,13-15H,2-8,10-12H2,1H3,(H2,18,19,21). The van der Waals surface area contributed by atoms with E-state index in [0.29, 0.717) is 6.04 Å². The van der Waals surface area contributed by atoms with Crippen LogP contribution in [0.5, 0.6) is 0 Å². The quantitative estimate of drug-likeness (QED) is 0.320. The monoisotopic (exact) mass is 367 g/mol. The van der Waals surface area contributed by atoms with Gasteiger partial charge in [-0.3, -0.25) is 4.99 Å². The van der Waals surface area contributed by atoms with E-state index in [1.165, 1.54) is 38.8 Å². The van der Waals surface area contributed by atoms with Crippen LogP contribution in [0.4, 0.5) is 0 Å². The van der Waals surface area contributed by atoms with Gasteiger partial charge in [0.2, 0.25) is 0 Å². The van der Waals surface area contributed by atoms with Gasteiger partial charge in [0, 0.05) is 55.6 Å². The molecule has 3 rings (SSSR count). The third-order valence-corrected chi connectivity index (χ3v) is 6.54. The Bertz CT molecular complexity index is 493. The van der Waals surface area contributed by atoms with Crippen LogP contribution in [0, 0.1) is 0 Å². The third-order valence-electron chi connectivity index (χ3n) is 4.49. The van der Waals surface area contributed by atoms with E-state index in [1.807, 2.05) is 23.3 Å². The molecule has 0 amide bonds. The summed E-state index contributed by atoms with van der Waals surface area (Å²) in [5.74, 6) is 2.07. The van der Waals surface area contributed by atoms with Gasteiger partial charge in [-0.2, -0.15) is 0 Å². The van der Waals surface area contributed by atoms with E-state index >= 15 is 0 Å². The van der Waals surface area contributed by atoms with Gasteiger partial charge in [-0.1, -0.05) is 11.8 Å². The second-order valence-corrected chi connectivity index (χ2v) is 8.68. The number of guanidine groups is 1. The van der Waals surface area contributed by atoms with E-state index in [-0.39, 0.29) is 0 Å². The molecule has 0 aromatic carbocycles. The Labute approximate surface area is 153 Å². The molecule has 5 nitrogen and oxygen atoms in total. The van der Waals surface area contributed by atoms with Crippen molar-refractivity contribution in [2.24, 2.45) is 4.99 Å². The molecular formula is C17H29N5S2. The molecule has 2 aliphatic rings. The Morgan fingerprint density at radius 1 is 1.38 bits per heavy atom. The van der Waals surface area contributed by atoms with E-state index < -0.39 is 0 Å². The Kier molecular flexibility index (Phi) is 7.23. The molecule has 134 valence electrons. The van der Waals surface area contributed by atoms with Crippen molar-refractivity contribution in [1.29, 1.82) is 0 Å². The molecule has 0 bridgehead atoms. The Morgan fingerprint density at radius 3 is 2.88 bits per heavy atom. The second kappa shape index (κ2) is 9.63. The second-order valence-electron chi connectivity index (χ2n) is 6.45. The molecule has 7 heteroatoms. The normalized spacial score (nSPS) is 20.3. The molecule has 1 aliphatic carbocycles. The van der Waals surface area contributed by atoms with Crippen LogP contribution in [0.3, 0.4) is 0 Å². The molecule has 2 N–H and O–H groups in total. The lowest BCUT2D eigenvalue weighted by atomic mass is 10.1. The van der Waals surface area contributed by atoms with Gasteiger partial charge >= 0.3 is 0 Å². The van der Waals surface area contributed by atoms with Crippen molar-refractivity contribution in [2.75, 3.05) is 31.9 Å². The molecular weight excluding hydrogens is 338 g/mol. The summed E-state index contributed by atoms with van der Waals surface area (Å²) in [6, 6.07) is 1.48. The summed E-state index contributed by atoms with van der Waals surface area (Å²) in [6.07, 6.45) is 8.26. The van der Waals surface area contributed by atoms with Gasteiger partial charge in [-0.15, -0.1) is 11.3 Å². The fourth-order valence-corrected chi connectivity index (χ4v) is 4.69. The van der Waals surface area contributed by atoms with E-state index in [2.05, 4.69) is 27.4 Å². The highest BCUT2D eigenvalue weighted by molar-refractivity contribution is 8.00. The molecule has 2 fully saturated rings. The van der Waals surface area contributed by atoms with Crippen LogP contribution in [-0.2, 0) is 0 Å². The highest BCUT2D eigenvalue weighted by Crippen LogP contribution is 2.29. The van der Waals surface area contributed by atoms with Crippen LogP contribution >= 0.6 is 23.1 Å². The zero-order valence-corrected chi connectivity index (χ0v) is 16.2. The summed E-state index contributed by atoms with van der Waals surface area (Å²) < 4.78 is 1.16. The van der Waals surface area contributed by atoms with Crippen LogP contribution in [0.25, 0.3) is 0 Å². The maximum atomic E-state index is 4.74. The number of likely N-dealkylation sites (tertiary alicyclic amines) is 1. The van der Waals surface area contributed by atoms with E-state index in [0.717, 1.165) is 41.6 Å². The van der Waals surface area contributed by atoms with Crippen molar-refractivity contribution < 1.29 is 0 Å². The van der Waals surface area contributed by atoms with Crippen LogP contribution in [-0.4, -0.2) is 59.9 Å². The minimum Gasteiger partial charge on any atom is -0.357 e. The number of nitrogens with one attached hydrogen (secondary N) is 2. The highest BCUT2D eigenvalue weighted by Gasteiger charge is 2.31. The minimum absolute atomic E-state index is 0.572. The zero-order valence-electron chi connectivity index (χ0n) is 14.5. The fourth-order valence-electron chi connectivity index (χ4n) is 3.06. The first kappa shape index (κ1) is 18.0. The molecule has 0 unspecified atom stereocenters. The first-order valence-corrected chi connectivity index (χ1v) is 11.0. The molecule has 1 aliphatic heterocycles. The first-order chi connectivity index (χ1) is 11.8. The van der Waals surface area contributed by atoms with Gasteiger partial charge in [0.1, 0.15) is 4.34 Å². The van der Waals surface area contributed by atoms with Crippen molar-refractivity contribution in [1.82, 2.24) is 20.5 Å². The number of thiazole rings is 1. The topological polar surface area (TPSA) is 52.6 Å². The van der Waals surface area contributed by atoms with Crippen LogP contribution < -0.4 is 10.6 Å². The number of aliphatic imine (C=N–C) groups is 1. The zero-order chi connectivity index (χ0) is 16.6. The van der Waals surface area contributed by atoms with Gasteiger partial charge < -0.3 is 15.5 Å². The number of rotatable bonds is 8. The molecule has 0 radical (unpaired) electrons. The lowest BCUT2D eigenvalue weighted by molar-refractivity contribution is 0.197.